The highest BCUT2D eigenvalue weighted by Gasteiger charge is 2.31. The van der Waals surface area contributed by atoms with Crippen LogP contribution in [-0.2, 0) is 21.4 Å². The first-order valence-corrected chi connectivity index (χ1v) is 12.0. The van der Waals surface area contributed by atoms with Crippen LogP contribution in [0, 0.1) is 13.8 Å². The largest absolute Gasteiger partial charge is 0.491 e. The molecule has 0 fully saturated rings. The van der Waals surface area contributed by atoms with Gasteiger partial charge in [0.1, 0.15) is 11.8 Å². The molecule has 2 aromatic rings. The number of nitrogens with one attached hydrogen (secondary N) is 1. The van der Waals surface area contributed by atoms with Crippen LogP contribution in [-0.4, -0.2) is 32.7 Å². The van der Waals surface area contributed by atoms with Gasteiger partial charge >= 0.3 is 0 Å². The predicted molar refractivity (Wildman–Crippen MR) is 121 cm³/mol. The van der Waals surface area contributed by atoms with Crippen LogP contribution >= 0.6 is 0 Å². The smallest absolute Gasteiger partial charge is 0.244 e. The highest BCUT2D eigenvalue weighted by atomic mass is 32.2. The Morgan fingerprint density at radius 1 is 1.10 bits per heavy atom. The molecular weight excluding hydrogens is 400 g/mol. The van der Waals surface area contributed by atoms with Gasteiger partial charge < -0.3 is 10.1 Å². The SMILES string of the molecule is CCC(C(=O)NCc1cccc(OC(C)C)c1)N(c1ccc(C)c(C)c1)S(C)(=O)=O. The minimum absolute atomic E-state index is 0.0561. The molecular formula is C23H32N2O4S. The van der Waals surface area contributed by atoms with Crippen molar-refractivity contribution in [3.05, 3.63) is 59.2 Å². The Labute approximate surface area is 180 Å². The predicted octanol–water partition coefficient (Wildman–Crippen LogP) is 3.95. The van der Waals surface area contributed by atoms with Crippen molar-refractivity contribution in [3.8, 4) is 5.75 Å². The van der Waals surface area contributed by atoms with Gasteiger partial charge in [-0.2, -0.15) is 0 Å². The van der Waals surface area contributed by atoms with E-state index in [1.165, 1.54) is 4.31 Å². The Kier molecular flexibility index (Phi) is 7.89. The maximum absolute atomic E-state index is 13.0. The molecule has 6 nitrogen and oxygen atoms in total. The zero-order chi connectivity index (χ0) is 22.5. The summed E-state index contributed by atoms with van der Waals surface area (Å²) in [5, 5.41) is 2.88. The zero-order valence-corrected chi connectivity index (χ0v) is 19.4. The van der Waals surface area contributed by atoms with Crippen LogP contribution in [0.1, 0.15) is 43.9 Å². The molecule has 0 heterocycles. The molecule has 2 aromatic carbocycles. The van der Waals surface area contributed by atoms with E-state index in [9.17, 15) is 13.2 Å². The van der Waals surface area contributed by atoms with Gasteiger partial charge in [-0.15, -0.1) is 0 Å². The van der Waals surface area contributed by atoms with E-state index in [2.05, 4.69) is 5.32 Å². The number of carbonyl (C=O) groups excluding carboxylic acids is 1. The molecule has 30 heavy (non-hydrogen) atoms. The molecule has 0 aliphatic rings. The molecule has 164 valence electrons. The number of benzene rings is 2. The second kappa shape index (κ2) is 9.98. The lowest BCUT2D eigenvalue weighted by Gasteiger charge is -2.30. The van der Waals surface area contributed by atoms with Crippen LogP contribution in [0.5, 0.6) is 5.75 Å². The van der Waals surface area contributed by atoms with Gasteiger partial charge in [0.2, 0.25) is 15.9 Å². The number of sulfonamides is 1. The average Bonchev–Trinajstić information content (AvgIpc) is 2.65. The van der Waals surface area contributed by atoms with E-state index in [4.69, 9.17) is 4.74 Å². The number of anilines is 1. The molecule has 0 aliphatic carbocycles. The molecule has 0 spiro atoms. The fourth-order valence-corrected chi connectivity index (χ4v) is 4.43. The fourth-order valence-electron chi connectivity index (χ4n) is 3.23. The van der Waals surface area contributed by atoms with Gasteiger partial charge in [-0.1, -0.05) is 25.1 Å². The number of amides is 1. The van der Waals surface area contributed by atoms with Gasteiger partial charge in [-0.25, -0.2) is 8.42 Å². The molecule has 2 rings (SSSR count). The van der Waals surface area contributed by atoms with Crippen LogP contribution in [0.3, 0.4) is 0 Å². The minimum atomic E-state index is -3.65. The van der Waals surface area contributed by atoms with Crippen molar-refractivity contribution in [2.75, 3.05) is 10.6 Å². The number of hydrogen-bond donors (Lipinski definition) is 1. The number of carbonyl (C=O) groups is 1. The molecule has 1 unspecified atom stereocenters. The van der Waals surface area contributed by atoms with Crippen molar-refractivity contribution in [3.63, 3.8) is 0 Å². The second-order valence-corrected chi connectivity index (χ2v) is 9.64. The highest BCUT2D eigenvalue weighted by molar-refractivity contribution is 7.92. The molecule has 0 saturated carbocycles. The molecule has 0 bridgehead atoms. The third-order valence-corrected chi connectivity index (χ3v) is 5.99. The van der Waals surface area contributed by atoms with Gasteiger partial charge in [0, 0.05) is 6.54 Å². The first kappa shape index (κ1) is 23.7. The number of hydrogen-bond acceptors (Lipinski definition) is 4. The first-order valence-electron chi connectivity index (χ1n) is 10.1. The summed E-state index contributed by atoms with van der Waals surface area (Å²) < 4.78 is 32.1. The third kappa shape index (κ3) is 6.23. The van der Waals surface area contributed by atoms with Crippen LogP contribution in [0.15, 0.2) is 42.5 Å². The second-order valence-electron chi connectivity index (χ2n) is 7.78. The van der Waals surface area contributed by atoms with E-state index in [1.54, 1.807) is 19.1 Å². The van der Waals surface area contributed by atoms with Gasteiger partial charge in [0.15, 0.2) is 0 Å². The summed E-state index contributed by atoms with van der Waals surface area (Å²) in [6, 6.07) is 12.1. The molecule has 1 N–H and O–H groups in total. The van der Waals surface area contributed by atoms with Crippen molar-refractivity contribution in [1.29, 1.82) is 0 Å². The summed E-state index contributed by atoms with van der Waals surface area (Å²) in [6.45, 7) is 9.88. The zero-order valence-electron chi connectivity index (χ0n) is 18.6. The minimum Gasteiger partial charge on any atom is -0.491 e. The number of nitrogens with zero attached hydrogens (tertiary/aromatic N) is 1. The Balaban J connectivity index is 2.23. The lowest BCUT2D eigenvalue weighted by Crippen LogP contribution is -2.49. The van der Waals surface area contributed by atoms with E-state index >= 15 is 0 Å². The molecule has 1 atom stereocenters. The summed E-state index contributed by atoms with van der Waals surface area (Å²) in [4.78, 5) is 13.0. The molecule has 0 aromatic heterocycles. The van der Waals surface area contributed by atoms with E-state index in [0.29, 0.717) is 12.1 Å². The van der Waals surface area contributed by atoms with E-state index in [1.807, 2.05) is 58.0 Å². The van der Waals surface area contributed by atoms with Gasteiger partial charge in [0.05, 0.1) is 18.0 Å². The van der Waals surface area contributed by atoms with E-state index in [0.717, 1.165) is 28.7 Å². The normalized spacial score (nSPS) is 12.5. The van der Waals surface area contributed by atoms with Crippen molar-refractivity contribution < 1.29 is 17.9 Å². The third-order valence-electron chi connectivity index (χ3n) is 4.81. The number of aryl methyl sites for hydroxylation is 2. The lowest BCUT2D eigenvalue weighted by atomic mass is 10.1. The summed E-state index contributed by atoms with van der Waals surface area (Å²) in [5.41, 5.74) is 3.41. The molecule has 0 aliphatic heterocycles. The van der Waals surface area contributed by atoms with Crippen molar-refractivity contribution >= 4 is 21.6 Å². The topological polar surface area (TPSA) is 75.7 Å². The highest BCUT2D eigenvalue weighted by Crippen LogP contribution is 2.25. The summed E-state index contributed by atoms with van der Waals surface area (Å²) >= 11 is 0. The Morgan fingerprint density at radius 2 is 1.80 bits per heavy atom. The molecule has 0 saturated heterocycles. The number of ether oxygens (including phenoxy) is 1. The quantitative estimate of drug-likeness (QED) is 0.651. The van der Waals surface area contributed by atoms with Crippen molar-refractivity contribution in [2.24, 2.45) is 0 Å². The summed E-state index contributed by atoms with van der Waals surface area (Å²) in [6.07, 6.45) is 1.54. The number of rotatable bonds is 9. The summed E-state index contributed by atoms with van der Waals surface area (Å²) in [5.74, 6) is 0.396. The Morgan fingerprint density at radius 3 is 2.37 bits per heavy atom. The molecule has 0 radical (unpaired) electrons. The van der Waals surface area contributed by atoms with Crippen LogP contribution in [0.2, 0.25) is 0 Å². The fraction of sp³-hybridized carbons (Fsp3) is 0.435. The van der Waals surface area contributed by atoms with Crippen molar-refractivity contribution in [1.82, 2.24) is 5.32 Å². The van der Waals surface area contributed by atoms with Crippen LogP contribution in [0.25, 0.3) is 0 Å². The first-order chi connectivity index (χ1) is 14.0. The summed E-state index contributed by atoms with van der Waals surface area (Å²) in [7, 11) is -3.65. The molecule has 1 amide bonds. The van der Waals surface area contributed by atoms with Crippen molar-refractivity contribution in [2.45, 2.75) is 59.7 Å². The van der Waals surface area contributed by atoms with E-state index in [-0.39, 0.29) is 18.6 Å². The maximum Gasteiger partial charge on any atom is 0.244 e. The van der Waals surface area contributed by atoms with Crippen LogP contribution < -0.4 is 14.4 Å². The van der Waals surface area contributed by atoms with Crippen LogP contribution in [0.4, 0.5) is 5.69 Å². The average molecular weight is 433 g/mol. The van der Waals surface area contributed by atoms with Gasteiger partial charge in [-0.05, 0) is 75.1 Å². The standard InChI is InChI=1S/C23H32N2O4S/c1-7-22(25(30(6,27)28)20-12-11-17(4)18(5)13-20)23(26)24-15-19-9-8-10-21(14-19)29-16(2)3/h8-14,16,22H,7,15H2,1-6H3,(H,24,26). The monoisotopic (exact) mass is 432 g/mol. The maximum atomic E-state index is 13.0. The van der Waals surface area contributed by atoms with Gasteiger partial charge in [-0.3, -0.25) is 9.10 Å². The lowest BCUT2D eigenvalue weighted by molar-refractivity contribution is -0.122. The van der Waals surface area contributed by atoms with Gasteiger partial charge in [0.25, 0.3) is 0 Å². The Bertz CT molecular complexity index is 986. The Hall–Kier alpha value is -2.54. The van der Waals surface area contributed by atoms with E-state index < -0.39 is 16.1 Å². The molecule has 7 heteroatoms.